The molecule has 152 valence electrons. The normalized spacial score (nSPS) is 11.4. The van der Waals surface area contributed by atoms with E-state index in [4.69, 9.17) is 4.74 Å². The number of para-hydroxylation sites is 1. The molecule has 0 aliphatic heterocycles. The van der Waals surface area contributed by atoms with Crippen molar-refractivity contribution < 1.29 is 17.9 Å². The summed E-state index contributed by atoms with van der Waals surface area (Å²) in [5.41, 5.74) is 0.903. The molecule has 0 spiro atoms. The Hall–Kier alpha value is -2.38. The van der Waals surface area contributed by atoms with Crippen LogP contribution in [0.2, 0.25) is 0 Å². The number of carbonyl (C=O) groups is 1. The van der Waals surface area contributed by atoms with Crippen molar-refractivity contribution in [1.29, 1.82) is 0 Å². The Morgan fingerprint density at radius 1 is 1.11 bits per heavy atom. The molecule has 28 heavy (non-hydrogen) atoms. The summed E-state index contributed by atoms with van der Waals surface area (Å²) in [4.78, 5) is 12.5. The van der Waals surface area contributed by atoms with Crippen molar-refractivity contribution >= 4 is 21.6 Å². The van der Waals surface area contributed by atoms with Crippen molar-refractivity contribution in [3.8, 4) is 0 Å². The Balaban J connectivity index is 2.11. The van der Waals surface area contributed by atoms with Gasteiger partial charge >= 0.3 is 0 Å². The number of carbonyl (C=O) groups excluding carboxylic acids is 1. The molecule has 2 aromatic rings. The molecular formula is C21H28N2O4S. The summed E-state index contributed by atoms with van der Waals surface area (Å²) in [6.07, 6.45) is 0.850. The topological polar surface area (TPSA) is 75.7 Å². The lowest BCUT2D eigenvalue weighted by molar-refractivity contribution is 0.0757. The van der Waals surface area contributed by atoms with E-state index in [1.165, 1.54) is 16.4 Å². The number of sulfonamides is 1. The molecule has 6 nitrogen and oxygen atoms in total. The number of rotatable bonds is 10. The van der Waals surface area contributed by atoms with Crippen LogP contribution in [0.1, 0.15) is 37.6 Å². The molecule has 0 atom stereocenters. The van der Waals surface area contributed by atoms with Crippen molar-refractivity contribution in [1.82, 2.24) is 5.32 Å². The molecule has 1 N–H and O–H groups in total. The van der Waals surface area contributed by atoms with E-state index in [0.717, 1.165) is 0 Å². The lowest BCUT2D eigenvalue weighted by Crippen LogP contribution is -2.31. The first-order valence-corrected chi connectivity index (χ1v) is 10.9. The Kier molecular flexibility index (Phi) is 8.02. The Morgan fingerprint density at radius 3 is 2.46 bits per heavy atom. The van der Waals surface area contributed by atoms with Crippen LogP contribution in [0.5, 0.6) is 0 Å². The molecule has 0 bridgehead atoms. The van der Waals surface area contributed by atoms with Crippen molar-refractivity contribution in [2.45, 2.75) is 38.2 Å². The van der Waals surface area contributed by atoms with E-state index < -0.39 is 10.0 Å². The lowest BCUT2D eigenvalue weighted by atomic mass is 10.2. The average Bonchev–Trinajstić information content (AvgIpc) is 2.68. The second kappa shape index (κ2) is 10.2. The molecule has 0 fully saturated rings. The molecule has 0 aliphatic carbocycles. The fourth-order valence-electron chi connectivity index (χ4n) is 2.71. The molecule has 2 aromatic carbocycles. The maximum Gasteiger partial charge on any atom is 0.264 e. The summed E-state index contributed by atoms with van der Waals surface area (Å²) in [6.45, 7) is 7.01. The summed E-state index contributed by atoms with van der Waals surface area (Å²) in [7, 11) is -3.77. The third kappa shape index (κ3) is 5.81. The van der Waals surface area contributed by atoms with E-state index in [9.17, 15) is 13.2 Å². The fraction of sp³-hybridized carbons (Fsp3) is 0.381. The zero-order chi connectivity index (χ0) is 20.6. The van der Waals surface area contributed by atoms with E-state index in [-0.39, 0.29) is 16.9 Å². The van der Waals surface area contributed by atoms with Crippen LogP contribution in [0.4, 0.5) is 5.69 Å². The summed E-state index contributed by atoms with van der Waals surface area (Å²) < 4.78 is 32.9. The van der Waals surface area contributed by atoms with Gasteiger partial charge < -0.3 is 10.1 Å². The van der Waals surface area contributed by atoms with E-state index in [0.29, 0.717) is 37.4 Å². The zero-order valence-electron chi connectivity index (χ0n) is 16.6. The number of hydrogen-bond acceptors (Lipinski definition) is 4. The van der Waals surface area contributed by atoms with E-state index >= 15 is 0 Å². The van der Waals surface area contributed by atoms with Crippen LogP contribution >= 0.6 is 0 Å². The molecule has 0 saturated heterocycles. The summed E-state index contributed by atoms with van der Waals surface area (Å²) in [5, 5.41) is 2.80. The Labute approximate surface area is 167 Å². The highest BCUT2D eigenvalue weighted by atomic mass is 32.2. The third-order valence-electron chi connectivity index (χ3n) is 4.07. The van der Waals surface area contributed by atoms with Gasteiger partial charge in [0.1, 0.15) is 0 Å². The molecular weight excluding hydrogens is 376 g/mol. The second-order valence-corrected chi connectivity index (χ2v) is 8.42. The van der Waals surface area contributed by atoms with Crippen molar-refractivity contribution in [2.75, 3.05) is 24.0 Å². The van der Waals surface area contributed by atoms with Crippen LogP contribution in [0, 0.1) is 0 Å². The summed E-state index contributed by atoms with van der Waals surface area (Å²) in [5.74, 6) is -0.302. The van der Waals surface area contributed by atoms with Gasteiger partial charge in [0.15, 0.2) is 0 Å². The minimum Gasteiger partial charge on any atom is -0.379 e. The van der Waals surface area contributed by atoms with Crippen LogP contribution in [0.15, 0.2) is 59.5 Å². The first kappa shape index (κ1) is 21.9. The highest BCUT2D eigenvalue weighted by Gasteiger charge is 2.24. The number of anilines is 1. The maximum absolute atomic E-state index is 13.1. The minimum absolute atomic E-state index is 0.0917. The molecule has 0 saturated carbocycles. The van der Waals surface area contributed by atoms with Gasteiger partial charge in [-0.3, -0.25) is 9.10 Å². The van der Waals surface area contributed by atoms with E-state index in [1.54, 1.807) is 43.3 Å². The maximum atomic E-state index is 13.1. The first-order valence-electron chi connectivity index (χ1n) is 9.44. The molecule has 0 aliphatic rings. The Bertz CT molecular complexity index is 867. The van der Waals surface area contributed by atoms with Gasteiger partial charge in [0.25, 0.3) is 15.9 Å². The molecule has 1 amide bonds. The van der Waals surface area contributed by atoms with Gasteiger partial charge in [-0.1, -0.05) is 24.3 Å². The van der Waals surface area contributed by atoms with Gasteiger partial charge in [0, 0.05) is 25.3 Å². The van der Waals surface area contributed by atoms with Gasteiger partial charge in [0.2, 0.25) is 0 Å². The number of hydrogen-bond donors (Lipinski definition) is 1. The van der Waals surface area contributed by atoms with Crippen molar-refractivity contribution in [3.05, 3.63) is 60.2 Å². The minimum atomic E-state index is -3.77. The number of amides is 1. The van der Waals surface area contributed by atoms with Gasteiger partial charge in [-0.05, 0) is 57.5 Å². The second-order valence-electron chi connectivity index (χ2n) is 6.56. The lowest BCUT2D eigenvalue weighted by Gasteiger charge is -2.23. The quantitative estimate of drug-likeness (QED) is 0.616. The zero-order valence-corrected chi connectivity index (χ0v) is 17.4. The number of nitrogens with one attached hydrogen (secondary N) is 1. The highest BCUT2D eigenvalue weighted by Crippen LogP contribution is 2.23. The molecule has 2 rings (SSSR count). The molecule has 0 heterocycles. The molecule has 0 unspecified atom stereocenters. The molecule has 0 aromatic heterocycles. The molecule has 7 heteroatoms. The van der Waals surface area contributed by atoms with Gasteiger partial charge in [-0.15, -0.1) is 0 Å². The van der Waals surface area contributed by atoms with E-state index in [1.807, 2.05) is 19.9 Å². The average molecular weight is 405 g/mol. The SMILES string of the molecule is CCN(c1ccccc1)S(=O)(=O)c1cccc(C(=O)NCCCOC(C)C)c1. The summed E-state index contributed by atoms with van der Waals surface area (Å²) in [6, 6.07) is 15.0. The van der Waals surface area contributed by atoms with Crippen LogP contribution in [0.3, 0.4) is 0 Å². The van der Waals surface area contributed by atoms with Gasteiger partial charge in [-0.2, -0.15) is 0 Å². The molecule has 0 radical (unpaired) electrons. The standard InChI is InChI=1S/C21H28N2O4S/c1-4-23(19-11-6-5-7-12-19)28(25,26)20-13-8-10-18(16-20)21(24)22-14-9-15-27-17(2)3/h5-8,10-13,16-17H,4,9,14-15H2,1-3H3,(H,22,24). The van der Waals surface area contributed by atoms with Crippen LogP contribution in [0.25, 0.3) is 0 Å². The first-order chi connectivity index (χ1) is 13.4. The predicted octanol–water partition coefficient (Wildman–Crippen LogP) is 3.45. The van der Waals surface area contributed by atoms with Crippen molar-refractivity contribution in [2.24, 2.45) is 0 Å². The summed E-state index contributed by atoms with van der Waals surface area (Å²) >= 11 is 0. The highest BCUT2D eigenvalue weighted by molar-refractivity contribution is 7.92. The smallest absolute Gasteiger partial charge is 0.264 e. The number of ether oxygens (including phenoxy) is 1. The predicted molar refractivity (Wildman–Crippen MR) is 111 cm³/mol. The Morgan fingerprint density at radius 2 is 1.82 bits per heavy atom. The van der Waals surface area contributed by atoms with Gasteiger partial charge in [-0.25, -0.2) is 8.42 Å². The van der Waals surface area contributed by atoms with Crippen LogP contribution < -0.4 is 9.62 Å². The van der Waals surface area contributed by atoms with Crippen LogP contribution in [-0.2, 0) is 14.8 Å². The van der Waals surface area contributed by atoms with Gasteiger partial charge in [0.05, 0.1) is 16.7 Å². The third-order valence-corrected chi connectivity index (χ3v) is 5.97. The van der Waals surface area contributed by atoms with E-state index in [2.05, 4.69) is 5.32 Å². The largest absolute Gasteiger partial charge is 0.379 e. The van der Waals surface area contributed by atoms with Crippen LogP contribution in [-0.4, -0.2) is 40.1 Å². The monoisotopic (exact) mass is 404 g/mol. The fourth-order valence-corrected chi connectivity index (χ4v) is 4.23. The number of nitrogens with zero attached hydrogens (tertiary/aromatic N) is 1. The van der Waals surface area contributed by atoms with Crippen molar-refractivity contribution in [3.63, 3.8) is 0 Å². The number of benzene rings is 2.